The average Bonchev–Trinajstić information content (AvgIpc) is 1.64. The fourth-order valence-corrected chi connectivity index (χ4v) is 26.4. The second kappa shape index (κ2) is 28.8. The van der Waals surface area contributed by atoms with Gasteiger partial charge in [0.2, 0.25) is 0 Å². The number of aryl methyl sites for hydroxylation is 5. The molecule has 6 aliphatic carbocycles. The first-order valence-corrected chi connectivity index (χ1v) is 52.1. The summed E-state index contributed by atoms with van der Waals surface area (Å²) in [5.41, 5.74) is 45.7. The number of hydrogen-bond acceptors (Lipinski definition) is 2. The van der Waals surface area contributed by atoms with E-state index in [2.05, 4.69) is 381 Å². The summed E-state index contributed by atoms with van der Waals surface area (Å²) in [5.74, 6) is 1.86. The van der Waals surface area contributed by atoms with Gasteiger partial charge in [-0.3, -0.25) is 0 Å². The van der Waals surface area contributed by atoms with E-state index in [0.29, 0.717) is 0 Å². The molecule has 0 fully saturated rings. The molecular weight excluding hydrogens is 1470 g/mol. The minimum Gasteiger partial charge on any atom is -0.497 e. The number of fused-ring (bicyclic) bond motifs is 30. The molecular formula is C106H104N6O2Si3. The maximum absolute atomic E-state index is 5.47. The molecule has 12 aromatic carbocycles. The summed E-state index contributed by atoms with van der Waals surface area (Å²) in [5, 5.41) is 8.28. The largest absolute Gasteiger partial charge is 0.497 e. The van der Waals surface area contributed by atoms with E-state index in [4.69, 9.17) is 9.47 Å². The lowest BCUT2D eigenvalue weighted by Crippen LogP contribution is -2.33. The molecule has 18 aromatic rings. The molecule has 0 saturated carbocycles. The van der Waals surface area contributed by atoms with Crippen LogP contribution in [0, 0.1) is 13.8 Å². The van der Waals surface area contributed by atoms with Gasteiger partial charge in [0.15, 0.2) is 24.7 Å². The van der Waals surface area contributed by atoms with Crippen molar-refractivity contribution in [2.75, 3.05) is 14.2 Å². The topological polar surface area (TPSA) is 48.0 Å². The fraction of sp³-hybridized carbons (Fsp3) is 0.208. The molecule has 24 rings (SSSR count). The number of ether oxygens (including phenoxy) is 2. The molecule has 0 aliphatic heterocycles. The lowest BCUT2D eigenvalue weighted by atomic mass is 10.0. The Balaban J connectivity index is 0.0000000936. The molecule has 0 spiro atoms. The molecule has 582 valence electrons. The van der Waals surface area contributed by atoms with E-state index in [-0.39, 0.29) is 0 Å². The molecule has 0 bridgehead atoms. The zero-order valence-corrected chi connectivity index (χ0v) is 73.6. The van der Waals surface area contributed by atoms with Gasteiger partial charge >= 0.3 is 0 Å². The minimum absolute atomic E-state index is 0.922. The van der Waals surface area contributed by atoms with Crippen LogP contribution in [0.4, 0.5) is 0 Å². The molecule has 0 saturated heterocycles. The smallest absolute Gasteiger partial charge is 0.153 e. The second-order valence-corrected chi connectivity index (χ2v) is 50.3. The van der Waals surface area contributed by atoms with Crippen molar-refractivity contribution < 1.29 is 9.47 Å². The van der Waals surface area contributed by atoms with Crippen molar-refractivity contribution in [3.05, 3.63) is 346 Å². The first-order chi connectivity index (χ1) is 56.4. The van der Waals surface area contributed by atoms with E-state index in [9.17, 15) is 0 Å². The lowest BCUT2D eigenvalue weighted by Gasteiger charge is -2.23. The summed E-state index contributed by atoms with van der Waals surface area (Å²) in [4.78, 5) is 0. The Kier molecular flexibility index (Phi) is 18.5. The monoisotopic (exact) mass is 1580 g/mol. The highest BCUT2D eigenvalue weighted by atomic mass is 28.3. The zero-order chi connectivity index (χ0) is 80.8. The first-order valence-electron chi connectivity index (χ1n) is 41.7. The molecule has 0 atom stereocenters. The molecule has 0 unspecified atom stereocenters. The highest BCUT2D eigenvalue weighted by Crippen LogP contribution is 2.51. The van der Waals surface area contributed by atoms with Gasteiger partial charge in [-0.05, 0) is 153 Å². The molecule has 0 radical (unpaired) electrons. The van der Waals surface area contributed by atoms with Crippen LogP contribution in [0.3, 0.4) is 0 Å². The van der Waals surface area contributed by atoms with Crippen LogP contribution in [0.1, 0.15) is 78.7 Å². The van der Waals surface area contributed by atoms with Crippen LogP contribution in [0.15, 0.2) is 267 Å². The van der Waals surface area contributed by atoms with E-state index < -0.39 is 24.7 Å². The number of para-hydroxylation sites is 2. The second-order valence-electron chi connectivity index (χ2n) is 36.0. The van der Waals surface area contributed by atoms with Crippen LogP contribution >= 0.6 is 0 Å². The van der Waals surface area contributed by atoms with Gasteiger partial charge in [-0.2, -0.15) is 0 Å². The molecule has 8 nitrogen and oxygen atoms in total. The molecule has 0 N–H and O–H groups in total. The third kappa shape index (κ3) is 12.6. The molecule has 6 heterocycles. The number of aromatic nitrogens is 6. The van der Waals surface area contributed by atoms with Crippen molar-refractivity contribution >= 4 is 90.1 Å². The Morgan fingerprint density at radius 1 is 0.231 bits per heavy atom. The first kappa shape index (κ1) is 75.2. The Hall–Kier alpha value is -11.9. The Morgan fingerprint density at radius 3 is 0.803 bits per heavy atom. The highest BCUT2D eigenvalue weighted by Gasteiger charge is 2.36. The summed E-state index contributed by atoms with van der Waals surface area (Å²) in [7, 11) is 5.61. The summed E-state index contributed by atoms with van der Waals surface area (Å²) < 4.78 is 25.8. The van der Waals surface area contributed by atoms with Crippen LogP contribution in [0.5, 0.6) is 11.5 Å². The number of hydrogen-bond donors (Lipinski definition) is 0. The summed E-state index contributed by atoms with van der Waals surface area (Å²) in [6.07, 6.45) is 6.38. The van der Waals surface area contributed by atoms with Gasteiger partial charge in [0.1, 0.15) is 11.5 Å². The molecule has 6 aromatic heterocycles. The zero-order valence-electron chi connectivity index (χ0n) is 70.6. The van der Waals surface area contributed by atoms with E-state index in [1.807, 2.05) is 6.07 Å². The molecule has 117 heavy (non-hydrogen) atoms. The molecule has 6 aliphatic rings. The van der Waals surface area contributed by atoms with Crippen molar-refractivity contribution in [3.63, 3.8) is 0 Å². The van der Waals surface area contributed by atoms with Crippen molar-refractivity contribution in [3.8, 4) is 78.3 Å². The number of benzene rings is 12. The van der Waals surface area contributed by atoms with Gasteiger partial charge in [-0.1, -0.05) is 264 Å². The van der Waals surface area contributed by atoms with E-state index in [1.165, 1.54) is 211 Å². The quantitative estimate of drug-likeness (QED) is 0.161. The van der Waals surface area contributed by atoms with Crippen LogP contribution in [0.2, 0.25) is 58.9 Å². The van der Waals surface area contributed by atoms with Crippen LogP contribution in [-0.2, 0) is 59.7 Å². The fourth-order valence-electron chi connectivity index (χ4n) is 20.7. The summed E-state index contributed by atoms with van der Waals surface area (Å²) in [6.45, 7) is 26.2. The predicted molar refractivity (Wildman–Crippen MR) is 503 cm³/mol. The van der Waals surface area contributed by atoms with Gasteiger partial charge in [-0.25, -0.2) is 0 Å². The minimum atomic E-state index is -1.49. The van der Waals surface area contributed by atoms with Crippen LogP contribution in [-0.4, -0.2) is 65.3 Å². The third-order valence-corrected chi connectivity index (χ3v) is 31.1. The van der Waals surface area contributed by atoms with Gasteiger partial charge in [0.05, 0.1) is 14.2 Å². The SMILES string of the molecule is COc1ccc2c(c1)c1c(n2C)Cc2ccccc2-1.COc1ccc2c(c1)c1c(n2[Si](C)(C)C)Cc2ccccc2-1.C[Si](C)(C)n1c2c(c3ccccc31)-c1ccccc1C2.Cc1ccc2c(c1)c1c(n2C)Cc2ccccc2-1.Cc1ccc2c(c1)c1c(n2[Si](C)(C)C)Cc2ccccc2-1.Cn1c2c(c3ccccc31)-c1ccccc1C2. The van der Waals surface area contributed by atoms with Crippen molar-refractivity contribution in [2.45, 2.75) is 111 Å². The normalized spacial score (nSPS) is 13.1. The number of methoxy groups -OCH3 is 2. The lowest BCUT2D eigenvalue weighted by molar-refractivity contribution is 0.415. The van der Waals surface area contributed by atoms with Crippen molar-refractivity contribution in [2.24, 2.45) is 21.1 Å². The Morgan fingerprint density at radius 2 is 0.453 bits per heavy atom. The molecule has 0 amide bonds. The van der Waals surface area contributed by atoms with Gasteiger partial charge < -0.3 is 35.9 Å². The van der Waals surface area contributed by atoms with E-state index in [0.717, 1.165) is 50.0 Å². The maximum atomic E-state index is 5.47. The Labute approximate surface area is 691 Å². The standard InChI is InChI=1S/C19H21NOSi.C19H21NSi.C18H19NSi.C17H15NO.C17H15N.C16H13N/c1-21-14-9-10-17-16(12-14)19-15-8-6-5-7-13(15)11-18(19)20(17)22(2,3)4;1-13-9-10-17-16(11-13)19-15-8-6-5-7-14(15)12-18(19)20(17)21(2,3)4;1-20(2,3)19-16-11-7-6-10-15(16)18-14-9-5-4-8-13(14)12-17(18)19;1-18-15-8-7-12(19-2)10-14(15)17-13-6-4-3-5-11(13)9-16(17)18;1-11-7-8-15-14(9-11)17-13-6-4-3-5-12(13)10-16(17)18(15)2;1-17-14-9-5-4-8-13(14)16-12-7-3-2-6-11(12)10-15(16)17/h5-10,12H,11H2,1-4H3;5-11H,12H2,1-4H3;4-11H,12H2,1-3H3;3-8,10H,9H2,1-2H3;3-9H,10H2,1-2H3;2-9H,10H2,1H3. The third-order valence-electron chi connectivity index (χ3n) is 25.6. The van der Waals surface area contributed by atoms with E-state index in [1.54, 1.807) is 14.2 Å². The van der Waals surface area contributed by atoms with Crippen molar-refractivity contribution in [1.29, 1.82) is 0 Å². The average molecular weight is 1580 g/mol. The molecule has 11 heteroatoms. The number of rotatable bonds is 5. The van der Waals surface area contributed by atoms with Crippen molar-refractivity contribution in [1.82, 2.24) is 26.4 Å². The summed E-state index contributed by atoms with van der Waals surface area (Å²) in [6, 6.07) is 96.9. The van der Waals surface area contributed by atoms with Gasteiger partial charge in [0, 0.05) is 193 Å². The maximum Gasteiger partial charge on any atom is 0.153 e. The highest BCUT2D eigenvalue weighted by molar-refractivity contribution is 6.76. The van der Waals surface area contributed by atoms with Crippen LogP contribution < -0.4 is 9.47 Å². The van der Waals surface area contributed by atoms with Gasteiger partial charge in [-0.15, -0.1) is 0 Å². The predicted octanol–water partition coefficient (Wildman–Crippen LogP) is 26.6. The van der Waals surface area contributed by atoms with E-state index >= 15 is 0 Å². The number of nitrogens with zero attached hydrogens (tertiary/aromatic N) is 6. The Bertz CT molecular complexity index is 7060. The summed E-state index contributed by atoms with van der Waals surface area (Å²) >= 11 is 0. The van der Waals surface area contributed by atoms with Crippen LogP contribution in [0.25, 0.3) is 132 Å². The van der Waals surface area contributed by atoms with Gasteiger partial charge in [0.25, 0.3) is 0 Å².